The van der Waals surface area contributed by atoms with Crippen molar-refractivity contribution in [1.82, 2.24) is 9.55 Å². The summed E-state index contributed by atoms with van der Waals surface area (Å²) in [6, 6.07) is 4.53. The van der Waals surface area contributed by atoms with Crippen molar-refractivity contribution in [2.75, 3.05) is 18.9 Å². The molecule has 0 spiro atoms. The van der Waals surface area contributed by atoms with Crippen LogP contribution >= 0.6 is 0 Å². The number of fused-ring (bicyclic) bond motifs is 1. The van der Waals surface area contributed by atoms with Crippen molar-refractivity contribution in [3.63, 3.8) is 0 Å². The summed E-state index contributed by atoms with van der Waals surface area (Å²) in [7, 11) is 0. The molecule has 1 aromatic heterocycles. The zero-order chi connectivity index (χ0) is 14.0. The Kier molecular flexibility index (Phi) is 3.66. The molecule has 19 heavy (non-hydrogen) atoms. The summed E-state index contributed by atoms with van der Waals surface area (Å²) >= 11 is 0. The number of nitrogens with two attached hydrogens (primary N) is 1. The molecule has 0 aliphatic carbocycles. The quantitative estimate of drug-likeness (QED) is 0.688. The molecule has 0 unspecified atom stereocenters. The second-order valence-corrected chi connectivity index (χ2v) is 4.03. The van der Waals surface area contributed by atoms with Gasteiger partial charge in [0.1, 0.15) is 0 Å². The third-order valence-electron chi connectivity index (χ3n) is 2.69. The van der Waals surface area contributed by atoms with Crippen molar-refractivity contribution in [2.24, 2.45) is 0 Å². The van der Waals surface area contributed by atoms with Crippen LogP contribution in [0.25, 0.3) is 11.0 Å². The van der Waals surface area contributed by atoms with Crippen molar-refractivity contribution in [2.45, 2.75) is 19.6 Å². The maximum absolute atomic E-state index is 12.9. The Bertz CT molecular complexity index is 577. The van der Waals surface area contributed by atoms with Crippen LogP contribution in [-0.4, -0.2) is 22.8 Å². The second-order valence-electron chi connectivity index (χ2n) is 4.03. The summed E-state index contributed by atoms with van der Waals surface area (Å²) in [5.74, 6) is -0.923. The maximum atomic E-state index is 12.9. The van der Waals surface area contributed by atoms with Crippen LogP contribution in [0.1, 0.15) is 12.7 Å². The normalized spacial score (nSPS) is 12.2. The molecule has 2 rings (SSSR count). The Labute approximate surface area is 108 Å². The number of alkyl halides is 3. The lowest BCUT2D eigenvalue weighted by Crippen LogP contribution is -2.17. The highest BCUT2D eigenvalue weighted by Gasteiger charge is 2.37. The average molecular weight is 273 g/mol. The lowest BCUT2D eigenvalue weighted by atomic mass is 10.3. The molecule has 1 aromatic carbocycles. The van der Waals surface area contributed by atoms with Gasteiger partial charge in [-0.3, -0.25) is 0 Å². The highest BCUT2D eigenvalue weighted by atomic mass is 19.4. The number of imidazole rings is 1. The van der Waals surface area contributed by atoms with Gasteiger partial charge in [0, 0.05) is 18.8 Å². The average Bonchev–Trinajstić information content (AvgIpc) is 2.67. The Morgan fingerprint density at radius 2 is 2.11 bits per heavy atom. The number of hydrogen-bond acceptors (Lipinski definition) is 3. The van der Waals surface area contributed by atoms with E-state index in [-0.39, 0.29) is 18.7 Å². The number of aromatic nitrogens is 2. The third-order valence-corrected chi connectivity index (χ3v) is 2.69. The molecule has 0 fully saturated rings. The first kappa shape index (κ1) is 13.7. The Morgan fingerprint density at radius 3 is 2.74 bits per heavy atom. The molecule has 0 aliphatic heterocycles. The van der Waals surface area contributed by atoms with Crippen molar-refractivity contribution >= 4 is 16.7 Å². The molecule has 104 valence electrons. The van der Waals surface area contributed by atoms with Crippen molar-refractivity contribution in [1.29, 1.82) is 0 Å². The first-order chi connectivity index (χ1) is 8.93. The van der Waals surface area contributed by atoms with Gasteiger partial charge in [-0.25, -0.2) is 4.98 Å². The molecule has 4 nitrogen and oxygen atoms in total. The lowest BCUT2D eigenvalue weighted by molar-refractivity contribution is -0.147. The third kappa shape index (κ3) is 2.81. The number of nitrogen functional groups attached to an aromatic ring is 1. The van der Waals surface area contributed by atoms with E-state index in [1.165, 1.54) is 6.07 Å². The highest BCUT2D eigenvalue weighted by molar-refractivity contribution is 5.79. The van der Waals surface area contributed by atoms with Crippen LogP contribution < -0.4 is 5.73 Å². The van der Waals surface area contributed by atoms with Crippen LogP contribution in [0.15, 0.2) is 18.2 Å². The molecule has 0 aliphatic rings. The van der Waals surface area contributed by atoms with Gasteiger partial charge < -0.3 is 15.0 Å². The molecular formula is C12H14F3N3O. The molecule has 0 atom stereocenters. The molecule has 0 saturated carbocycles. The molecule has 0 saturated heterocycles. The number of benzene rings is 1. The standard InChI is InChI=1S/C12H14F3N3O/c1-2-19-6-5-18-10-4-3-8(16)7-9(10)17-11(18)12(13,14)15/h3-4,7H,2,5-6,16H2,1H3. The Balaban J connectivity index is 2.49. The minimum absolute atomic E-state index is 0.100. The van der Waals surface area contributed by atoms with Gasteiger partial charge in [-0.05, 0) is 25.1 Å². The zero-order valence-electron chi connectivity index (χ0n) is 10.4. The molecular weight excluding hydrogens is 259 g/mol. The largest absolute Gasteiger partial charge is 0.449 e. The molecule has 2 aromatic rings. The summed E-state index contributed by atoms with van der Waals surface area (Å²) in [6.45, 7) is 2.55. The predicted octanol–water partition coefficient (Wildman–Crippen LogP) is 2.67. The molecule has 0 amide bonds. The van der Waals surface area contributed by atoms with Gasteiger partial charge >= 0.3 is 6.18 Å². The Morgan fingerprint density at radius 1 is 1.37 bits per heavy atom. The number of rotatable bonds is 4. The highest BCUT2D eigenvalue weighted by Crippen LogP contribution is 2.31. The fourth-order valence-corrected chi connectivity index (χ4v) is 1.89. The number of nitrogens with zero attached hydrogens (tertiary/aromatic N) is 2. The first-order valence-electron chi connectivity index (χ1n) is 5.84. The van der Waals surface area contributed by atoms with E-state index in [1.54, 1.807) is 19.1 Å². The fourth-order valence-electron chi connectivity index (χ4n) is 1.89. The van der Waals surface area contributed by atoms with Crippen LogP contribution in [0.3, 0.4) is 0 Å². The van der Waals surface area contributed by atoms with Crippen molar-refractivity contribution < 1.29 is 17.9 Å². The zero-order valence-corrected chi connectivity index (χ0v) is 10.4. The summed E-state index contributed by atoms with van der Waals surface area (Å²) in [6.07, 6.45) is -4.50. The van der Waals surface area contributed by atoms with Gasteiger partial charge in [0.25, 0.3) is 0 Å². The van der Waals surface area contributed by atoms with Crippen LogP contribution in [0, 0.1) is 0 Å². The minimum Gasteiger partial charge on any atom is -0.399 e. The van der Waals surface area contributed by atoms with Gasteiger partial charge in [-0.15, -0.1) is 0 Å². The van der Waals surface area contributed by atoms with Gasteiger partial charge in [0.15, 0.2) is 0 Å². The smallest absolute Gasteiger partial charge is 0.399 e. The summed E-state index contributed by atoms with van der Waals surface area (Å²) in [4.78, 5) is 3.63. The number of halogens is 3. The summed E-state index contributed by atoms with van der Waals surface area (Å²) in [5, 5.41) is 0. The van der Waals surface area contributed by atoms with Gasteiger partial charge in [0.2, 0.25) is 5.82 Å². The van der Waals surface area contributed by atoms with Crippen LogP contribution in [0.5, 0.6) is 0 Å². The predicted molar refractivity (Wildman–Crippen MR) is 65.6 cm³/mol. The lowest BCUT2D eigenvalue weighted by Gasteiger charge is -2.11. The Hall–Kier alpha value is -1.76. The van der Waals surface area contributed by atoms with Crippen LogP contribution in [-0.2, 0) is 17.5 Å². The minimum atomic E-state index is -4.50. The van der Waals surface area contributed by atoms with E-state index in [2.05, 4.69) is 4.98 Å². The number of ether oxygens (including phenoxy) is 1. The van der Waals surface area contributed by atoms with Crippen molar-refractivity contribution in [3.05, 3.63) is 24.0 Å². The maximum Gasteiger partial charge on any atom is 0.449 e. The van der Waals surface area contributed by atoms with Crippen LogP contribution in [0.2, 0.25) is 0 Å². The fraction of sp³-hybridized carbons (Fsp3) is 0.417. The summed E-state index contributed by atoms with van der Waals surface area (Å²) < 4.78 is 45.0. The molecule has 0 radical (unpaired) electrons. The van der Waals surface area contributed by atoms with E-state index < -0.39 is 12.0 Å². The molecule has 1 heterocycles. The monoisotopic (exact) mass is 273 g/mol. The number of anilines is 1. The van der Waals surface area contributed by atoms with Crippen molar-refractivity contribution in [3.8, 4) is 0 Å². The topological polar surface area (TPSA) is 53.1 Å². The van der Waals surface area contributed by atoms with Crippen LogP contribution in [0.4, 0.5) is 18.9 Å². The van der Waals surface area contributed by atoms with E-state index in [1.807, 2.05) is 0 Å². The van der Waals surface area contributed by atoms with Gasteiger partial charge in [-0.2, -0.15) is 13.2 Å². The van der Waals surface area contributed by atoms with E-state index in [4.69, 9.17) is 10.5 Å². The van der Waals surface area contributed by atoms with Gasteiger partial charge in [-0.1, -0.05) is 0 Å². The SMILES string of the molecule is CCOCCn1c(C(F)(F)F)nc2cc(N)ccc21. The first-order valence-corrected chi connectivity index (χ1v) is 5.84. The second kappa shape index (κ2) is 5.08. The molecule has 7 heteroatoms. The molecule has 2 N–H and O–H groups in total. The van der Waals surface area contributed by atoms with E-state index >= 15 is 0 Å². The van der Waals surface area contributed by atoms with Gasteiger partial charge in [0.05, 0.1) is 17.6 Å². The van der Waals surface area contributed by atoms with E-state index in [0.717, 1.165) is 4.57 Å². The summed E-state index contributed by atoms with van der Waals surface area (Å²) in [5.41, 5.74) is 6.59. The van der Waals surface area contributed by atoms with E-state index in [9.17, 15) is 13.2 Å². The number of hydrogen-bond donors (Lipinski definition) is 1. The van der Waals surface area contributed by atoms with E-state index in [0.29, 0.717) is 17.8 Å². The molecule has 0 bridgehead atoms.